The van der Waals surface area contributed by atoms with Crippen LogP contribution in [0.4, 0.5) is 0 Å². The molecule has 2 aromatic carbocycles. The number of rotatable bonds is 8. The Hall–Kier alpha value is -2.47. The molecule has 1 N–H and O–H groups in total. The van der Waals surface area contributed by atoms with E-state index in [1.54, 1.807) is 14.0 Å². The summed E-state index contributed by atoms with van der Waals surface area (Å²) in [6, 6.07) is 17.0. The van der Waals surface area contributed by atoms with Crippen molar-refractivity contribution in [3.63, 3.8) is 0 Å². The summed E-state index contributed by atoms with van der Waals surface area (Å²) in [5.74, 6) is 0.0955. The SMILES string of the molecule is COc1ccccc1CNC(=O)[C@H](C)OC(=O)CSc1ccccc1. The van der Waals surface area contributed by atoms with Crippen LogP contribution in [0, 0.1) is 0 Å². The van der Waals surface area contributed by atoms with E-state index in [9.17, 15) is 9.59 Å². The van der Waals surface area contributed by atoms with Crippen LogP contribution >= 0.6 is 11.8 Å². The van der Waals surface area contributed by atoms with Gasteiger partial charge in [-0.2, -0.15) is 0 Å². The molecule has 2 aromatic rings. The van der Waals surface area contributed by atoms with Crippen molar-refractivity contribution in [2.75, 3.05) is 12.9 Å². The van der Waals surface area contributed by atoms with Gasteiger partial charge in [-0.05, 0) is 25.1 Å². The molecule has 0 saturated heterocycles. The van der Waals surface area contributed by atoms with Crippen LogP contribution in [0.2, 0.25) is 0 Å². The Bertz CT molecular complexity index is 706. The number of nitrogens with one attached hydrogen (secondary N) is 1. The first-order valence-electron chi connectivity index (χ1n) is 7.87. The van der Waals surface area contributed by atoms with Crippen LogP contribution < -0.4 is 10.1 Å². The zero-order chi connectivity index (χ0) is 18.1. The van der Waals surface area contributed by atoms with E-state index < -0.39 is 12.1 Å². The maximum atomic E-state index is 12.1. The predicted molar refractivity (Wildman–Crippen MR) is 97.6 cm³/mol. The Kier molecular flexibility index (Phi) is 7.35. The van der Waals surface area contributed by atoms with Crippen LogP contribution in [0.1, 0.15) is 12.5 Å². The van der Waals surface area contributed by atoms with Gasteiger partial charge in [0.25, 0.3) is 5.91 Å². The van der Waals surface area contributed by atoms with Crippen LogP contribution in [0.25, 0.3) is 0 Å². The van der Waals surface area contributed by atoms with Crippen molar-refractivity contribution in [3.05, 3.63) is 60.2 Å². The van der Waals surface area contributed by atoms with Gasteiger partial charge in [0, 0.05) is 17.0 Å². The van der Waals surface area contributed by atoms with E-state index in [0.717, 1.165) is 10.5 Å². The van der Waals surface area contributed by atoms with Gasteiger partial charge in [-0.3, -0.25) is 9.59 Å². The minimum atomic E-state index is -0.849. The quantitative estimate of drug-likeness (QED) is 0.580. The van der Waals surface area contributed by atoms with Gasteiger partial charge in [0.15, 0.2) is 6.10 Å². The lowest BCUT2D eigenvalue weighted by molar-refractivity contribution is -0.152. The molecule has 0 saturated carbocycles. The molecule has 0 aliphatic rings. The lowest BCUT2D eigenvalue weighted by Gasteiger charge is -2.14. The molecule has 1 amide bonds. The Morgan fingerprint density at radius 1 is 1.08 bits per heavy atom. The Labute approximate surface area is 151 Å². The Morgan fingerprint density at radius 3 is 2.48 bits per heavy atom. The van der Waals surface area contributed by atoms with Gasteiger partial charge in [0.2, 0.25) is 0 Å². The highest BCUT2D eigenvalue weighted by atomic mass is 32.2. The molecular formula is C19H21NO4S. The normalized spacial score (nSPS) is 11.4. The molecule has 0 heterocycles. The first kappa shape index (κ1) is 18.9. The average Bonchev–Trinajstić information content (AvgIpc) is 2.65. The molecule has 0 radical (unpaired) electrons. The number of amides is 1. The second-order valence-electron chi connectivity index (χ2n) is 5.26. The lowest BCUT2D eigenvalue weighted by Crippen LogP contribution is -2.35. The summed E-state index contributed by atoms with van der Waals surface area (Å²) in [7, 11) is 1.58. The van der Waals surface area contributed by atoms with E-state index in [-0.39, 0.29) is 11.7 Å². The van der Waals surface area contributed by atoms with Crippen molar-refractivity contribution < 1.29 is 19.1 Å². The highest BCUT2D eigenvalue weighted by Gasteiger charge is 2.18. The van der Waals surface area contributed by atoms with E-state index in [0.29, 0.717) is 12.3 Å². The molecule has 0 aliphatic heterocycles. The number of esters is 1. The van der Waals surface area contributed by atoms with Crippen molar-refractivity contribution in [2.24, 2.45) is 0 Å². The van der Waals surface area contributed by atoms with Crippen LogP contribution in [0.3, 0.4) is 0 Å². The fourth-order valence-corrected chi connectivity index (χ4v) is 2.82. The molecule has 0 fully saturated rings. The van der Waals surface area contributed by atoms with Gasteiger partial charge in [-0.15, -0.1) is 11.8 Å². The number of methoxy groups -OCH3 is 1. The first-order chi connectivity index (χ1) is 12.1. The van der Waals surface area contributed by atoms with E-state index in [1.165, 1.54) is 11.8 Å². The highest BCUT2D eigenvalue weighted by Crippen LogP contribution is 2.18. The van der Waals surface area contributed by atoms with Crippen LogP contribution in [-0.2, 0) is 20.9 Å². The maximum absolute atomic E-state index is 12.1. The molecule has 0 bridgehead atoms. The van der Waals surface area contributed by atoms with Crippen molar-refractivity contribution >= 4 is 23.6 Å². The molecule has 2 rings (SSSR count). The van der Waals surface area contributed by atoms with Gasteiger partial charge in [-0.1, -0.05) is 36.4 Å². The summed E-state index contributed by atoms with van der Waals surface area (Å²) in [4.78, 5) is 24.9. The third-order valence-corrected chi connectivity index (χ3v) is 4.41. The average molecular weight is 359 g/mol. The Morgan fingerprint density at radius 2 is 1.76 bits per heavy atom. The molecule has 5 nitrogen and oxygen atoms in total. The van der Waals surface area contributed by atoms with E-state index >= 15 is 0 Å². The standard InChI is InChI=1S/C19H21NO4S/c1-14(24-18(21)13-25-16-9-4-3-5-10-16)19(22)20-12-15-8-6-7-11-17(15)23-2/h3-11,14H,12-13H2,1-2H3,(H,20,22)/t14-/m0/s1. The zero-order valence-corrected chi connectivity index (χ0v) is 15.0. The predicted octanol–water partition coefficient (Wildman–Crippen LogP) is 3.04. The number of ether oxygens (including phenoxy) is 2. The summed E-state index contributed by atoms with van der Waals surface area (Å²) in [6.45, 7) is 1.87. The summed E-state index contributed by atoms with van der Waals surface area (Å²) in [6.07, 6.45) is -0.849. The molecular weight excluding hydrogens is 338 g/mol. The van der Waals surface area contributed by atoms with Crippen molar-refractivity contribution in [1.82, 2.24) is 5.32 Å². The van der Waals surface area contributed by atoms with Crippen molar-refractivity contribution in [1.29, 1.82) is 0 Å². The van der Waals surface area contributed by atoms with E-state index in [1.807, 2.05) is 54.6 Å². The summed E-state index contributed by atoms with van der Waals surface area (Å²) < 4.78 is 10.4. The number of para-hydroxylation sites is 1. The van der Waals surface area contributed by atoms with Gasteiger partial charge in [-0.25, -0.2) is 0 Å². The largest absolute Gasteiger partial charge is 0.496 e. The summed E-state index contributed by atoms with van der Waals surface area (Å²) >= 11 is 1.37. The number of benzene rings is 2. The van der Waals surface area contributed by atoms with Crippen LogP contribution in [0.15, 0.2) is 59.5 Å². The van der Waals surface area contributed by atoms with Gasteiger partial charge >= 0.3 is 5.97 Å². The second-order valence-corrected chi connectivity index (χ2v) is 6.31. The molecule has 25 heavy (non-hydrogen) atoms. The monoisotopic (exact) mass is 359 g/mol. The number of hydrogen-bond acceptors (Lipinski definition) is 5. The van der Waals surface area contributed by atoms with E-state index in [4.69, 9.17) is 9.47 Å². The minimum Gasteiger partial charge on any atom is -0.496 e. The number of carbonyl (C=O) groups excluding carboxylic acids is 2. The lowest BCUT2D eigenvalue weighted by atomic mass is 10.2. The molecule has 0 aliphatic carbocycles. The third-order valence-electron chi connectivity index (χ3n) is 3.42. The smallest absolute Gasteiger partial charge is 0.317 e. The molecule has 0 aromatic heterocycles. The molecule has 0 spiro atoms. The fraction of sp³-hybridized carbons (Fsp3) is 0.263. The summed E-state index contributed by atoms with van der Waals surface area (Å²) in [5.41, 5.74) is 0.858. The first-order valence-corrected chi connectivity index (χ1v) is 8.85. The van der Waals surface area contributed by atoms with Crippen LogP contribution in [0.5, 0.6) is 5.75 Å². The number of carbonyl (C=O) groups is 2. The minimum absolute atomic E-state index is 0.161. The van der Waals surface area contributed by atoms with Crippen molar-refractivity contribution in [2.45, 2.75) is 24.5 Å². The third kappa shape index (κ3) is 6.15. The topological polar surface area (TPSA) is 64.6 Å². The Balaban J connectivity index is 1.76. The molecule has 1 atom stereocenters. The second kappa shape index (κ2) is 9.74. The van der Waals surface area contributed by atoms with E-state index in [2.05, 4.69) is 5.32 Å². The van der Waals surface area contributed by atoms with Crippen molar-refractivity contribution in [3.8, 4) is 5.75 Å². The zero-order valence-electron chi connectivity index (χ0n) is 14.2. The number of thioether (sulfide) groups is 1. The van der Waals surface area contributed by atoms with Gasteiger partial charge < -0.3 is 14.8 Å². The van der Waals surface area contributed by atoms with Gasteiger partial charge in [0.05, 0.1) is 12.9 Å². The highest BCUT2D eigenvalue weighted by molar-refractivity contribution is 8.00. The maximum Gasteiger partial charge on any atom is 0.317 e. The number of hydrogen-bond donors (Lipinski definition) is 1. The fourth-order valence-electron chi connectivity index (χ4n) is 2.12. The molecule has 0 unspecified atom stereocenters. The molecule has 132 valence electrons. The summed E-state index contributed by atoms with van der Waals surface area (Å²) in [5, 5.41) is 2.75. The van der Waals surface area contributed by atoms with Gasteiger partial charge in [0.1, 0.15) is 5.75 Å². The van der Waals surface area contributed by atoms with Crippen LogP contribution in [-0.4, -0.2) is 30.8 Å². The molecule has 6 heteroatoms.